The molecule has 1 N–H and O–H groups in total. The lowest BCUT2D eigenvalue weighted by molar-refractivity contribution is 0.123. The second-order valence-electron chi connectivity index (χ2n) is 9.66. The minimum absolute atomic E-state index is 0.233. The third kappa shape index (κ3) is 12.9. The Labute approximate surface area is 224 Å². The van der Waals surface area contributed by atoms with Crippen LogP contribution in [-0.2, 0) is 29.2 Å². The van der Waals surface area contributed by atoms with Crippen molar-refractivity contribution in [3.63, 3.8) is 0 Å². The SMILES string of the molecule is CCCOc1c(CO)cc(F)cc1CN(CCOC)C(C)C.COCCN(Cc1ccccc1)C(C)C. The van der Waals surface area contributed by atoms with E-state index in [1.54, 1.807) is 14.2 Å². The fraction of sp³-hybridized carbons (Fsp3) is 0.600. The van der Waals surface area contributed by atoms with Crippen molar-refractivity contribution in [2.24, 2.45) is 0 Å². The van der Waals surface area contributed by atoms with E-state index in [0.29, 0.717) is 43.2 Å². The van der Waals surface area contributed by atoms with E-state index in [-0.39, 0.29) is 12.4 Å². The van der Waals surface area contributed by atoms with E-state index in [2.05, 4.69) is 67.8 Å². The number of halogens is 1. The van der Waals surface area contributed by atoms with Crippen molar-refractivity contribution in [3.8, 4) is 5.75 Å². The van der Waals surface area contributed by atoms with Gasteiger partial charge in [0.05, 0.1) is 26.4 Å². The van der Waals surface area contributed by atoms with Crippen LogP contribution >= 0.6 is 0 Å². The van der Waals surface area contributed by atoms with E-state index in [4.69, 9.17) is 14.2 Å². The number of ether oxygens (including phenoxy) is 3. The molecule has 0 fully saturated rings. The second kappa shape index (κ2) is 19.1. The van der Waals surface area contributed by atoms with Gasteiger partial charge in [-0.05, 0) is 51.8 Å². The molecule has 0 aliphatic heterocycles. The summed E-state index contributed by atoms with van der Waals surface area (Å²) in [6, 6.07) is 14.3. The highest BCUT2D eigenvalue weighted by Gasteiger charge is 2.17. The molecule has 0 saturated heterocycles. The summed E-state index contributed by atoms with van der Waals surface area (Å²) in [5.41, 5.74) is 2.63. The zero-order valence-corrected chi connectivity index (χ0v) is 24.0. The normalized spacial score (nSPS) is 11.4. The first-order chi connectivity index (χ1) is 17.8. The molecule has 0 atom stereocenters. The number of nitrogens with zero attached hydrogens (tertiary/aromatic N) is 2. The van der Waals surface area contributed by atoms with Crippen molar-refractivity contribution in [1.82, 2.24) is 9.80 Å². The van der Waals surface area contributed by atoms with Crippen LogP contribution in [0, 0.1) is 5.82 Å². The molecular weight excluding hydrogens is 471 g/mol. The Balaban J connectivity index is 0.000000397. The summed E-state index contributed by atoms with van der Waals surface area (Å²) in [6.07, 6.45) is 0.860. The highest BCUT2D eigenvalue weighted by atomic mass is 19.1. The molecule has 2 aromatic rings. The van der Waals surface area contributed by atoms with Gasteiger partial charge in [-0.15, -0.1) is 0 Å². The quantitative estimate of drug-likeness (QED) is 0.315. The third-order valence-corrected chi connectivity index (χ3v) is 6.06. The number of hydrogen-bond donors (Lipinski definition) is 1. The smallest absolute Gasteiger partial charge is 0.129 e. The van der Waals surface area contributed by atoms with Gasteiger partial charge in [-0.25, -0.2) is 4.39 Å². The number of rotatable bonds is 16. The predicted octanol–water partition coefficient (Wildman–Crippen LogP) is 5.51. The number of methoxy groups -OCH3 is 2. The molecular formula is C30H49FN2O4. The fourth-order valence-electron chi connectivity index (χ4n) is 3.83. The largest absolute Gasteiger partial charge is 0.493 e. The second-order valence-corrected chi connectivity index (χ2v) is 9.66. The van der Waals surface area contributed by atoms with Gasteiger partial charge in [0.2, 0.25) is 0 Å². The minimum atomic E-state index is -0.349. The molecule has 0 bridgehead atoms. The number of benzene rings is 2. The summed E-state index contributed by atoms with van der Waals surface area (Å²) in [4.78, 5) is 4.61. The lowest BCUT2D eigenvalue weighted by atomic mass is 10.1. The molecule has 0 amide bonds. The van der Waals surface area contributed by atoms with Crippen LogP contribution < -0.4 is 4.74 Å². The van der Waals surface area contributed by atoms with Gasteiger partial charge < -0.3 is 19.3 Å². The highest BCUT2D eigenvalue weighted by Crippen LogP contribution is 2.28. The molecule has 0 spiro atoms. The van der Waals surface area contributed by atoms with E-state index < -0.39 is 0 Å². The molecule has 0 aliphatic rings. The Bertz CT molecular complexity index is 849. The zero-order valence-electron chi connectivity index (χ0n) is 24.0. The lowest BCUT2D eigenvalue weighted by Gasteiger charge is -2.27. The topological polar surface area (TPSA) is 54.4 Å². The van der Waals surface area contributed by atoms with Gasteiger partial charge >= 0.3 is 0 Å². The summed E-state index contributed by atoms with van der Waals surface area (Å²) in [5, 5.41) is 9.47. The molecule has 2 aromatic carbocycles. The summed E-state index contributed by atoms with van der Waals surface area (Å²) in [7, 11) is 3.42. The first kappa shape index (κ1) is 33.0. The molecule has 7 heteroatoms. The van der Waals surface area contributed by atoms with Crippen LogP contribution in [0.4, 0.5) is 4.39 Å². The Morgan fingerprint density at radius 3 is 1.84 bits per heavy atom. The maximum absolute atomic E-state index is 13.8. The molecule has 6 nitrogen and oxygen atoms in total. The number of aliphatic hydroxyl groups is 1. The van der Waals surface area contributed by atoms with E-state index in [1.807, 2.05) is 6.92 Å². The van der Waals surface area contributed by atoms with Crippen molar-refractivity contribution in [1.29, 1.82) is 0 Å². The van der Waals surface area contributed by atoms with Gasteiger partial charge in [-0.1, -0.05) is 37.3 Å². The van der Waals surface area contributed by atoms with E-state index in [1.165, 1.54) is 17.7 Å². The van der Waals surface area contributed by atoms with Crippen molar-refractivity contribution in [2.45, 2.75) is 72.8 Å². The molecule has 2 rings (SSSR count). The first-order valence-electron chi connectivity index (χ1n) is 13.3. The Morgan fingerprint density at radius 1 is 0.811 bits per heavy atom. The monoisotopic (exact) mass is 520 g/mol. The number of hydrogen-bond acceptors (Lipinski definition) is 6. The van der Waals surface area contributed by atoms with Gasteiger partial charge in [-0.3, -0.25) is 9.80 Å². The molecule has 0 heterocycles. The molecule has 210 valence electrons. The van der Waals surface area contributed by atoms with Crippen molar-refractivity contribution < 1.29 is 23.7 Å². The zero-order chi connectivity index (χ0) is 27.6. The summed E-state index contributed by atoms with van der Waals surface area (Å²) >= 11 is 0. The van der Waals surface area contributed by atoms with Crippen LogP contribution in [0.25, 0.3) is 0 Å². The maximum atomic E-state index is 13.8. The molecule has 0 saturated carbocycles. The Kier molecular flexibility index (Phi) is 17.0. The van der Waals surface area contributed by atoms with Crippen LogP contribution in [0.15, 0.2) is 42.5 Å². The Hall–Kier alpha value is -2.03. The van der Waals surface area contributed by atoms with Crippen LogP contribution in [0.5, 0.6) is 5.75 Å². The molecule has 37 heavy (non-hydrogen) atoms. The van der Waals surface area contributed by atoms with Gasteiger partial charge in [0.25, 0.3) is 0 Å². The Morgan fingerprint density at radius 2 is 1.35 bits per heavy atom. The molecule has 0 radical (unpaired) electrons. The third-order valence-electron chi connectivity index (χ3n) is 6.06. The predicted molar refractivity (Wildman–Crippen MR) is 149 cm³/mol. The average molecular weight is 521 g/mol. The van der Waals surface area contributed by atoms with Crippen molar-refractivity contribution in [3.05, 3.63) is 65.0 Å². The van der Waals surface area contributed by atoms with Gasteiger partial charge in [0, 0.05) is 63.6 Å². The van der Waals surface area contributed by atoms with Crippen molar-refractivity contribution >= 4 is 0 Å². The summed E-state index contributed by atoms with van der Waals surface area (Å²) < 4.78 is 29.8. The van der Waals surface area contributed by atoms with Crippen molar-refractivity contribution in [2.75, 3.05) is 47.1 Å². The highest BCUT2D eigenvalue weighted by molar-refractivity contribution is 5.42. The fourth-order valence-corrected chi connectivity index (χ4v) is 3.83. The summed E-state index contributed by atoms with van der Waals surface area (Å²) in [5.74, 6) is 0.257. The average Bonchev–Trinajstić information content (AvgIpc) is 2.88. The minimum Gasteiger partial charge on any atom is -0.493 e. The van der Waals surface area contributed by atoms with E-state index in [9.17, 15) is 9.50 Å². The van der Waals surface area contributed by atoms with Crippen LogP contribution in [-0.4, -0.2) is 74.1 Å². The van der Waals surface area contributed by atoms with Crippen LogP contribution in [0.1, 0.15) is 57.7 Å². The molecule has 0 unspecified atom stereocenters. The van der Waals surface area contributed by atoms with E-state index >= 15 is 0 Å². The van der Waals surface area contributed by atoms with Gasteiger partial charge in [0.15, 0.2) is 0 Å². The standard InChI is InChI=1S/C17H28FNO3.C13H21NO/c1-5-7-22-17-14(9-16(18)10-15(17)12-20)11-19(13(2)3)6-8-21-4;1-12(2)14(9-10-15-3)11-13-7-5-4-6-8-13/h9-10,13,20H,5-8,11-12H2,1-4H3;4-8,12H,9-11H2,1-3H3. The molecule has 0 aliphatic carbocycles. The molecule has 0 aromatic heterocycles. The van der Waals surface area contributed by atoms with Gasteiger partial charge in [-0.2, -0.15) is 0 Å². The first-order valence-corrected chi connectivity index (χ1v) is 13.3. The van der Waals surface area contributed by atoms with Gasteiger partial charge in [0.1, 0.15) is 11.6 Å². The lowest BCUT2D eigenvalue weighted by Crippen LogP contribution is -2.33. The number of aliphatic hydroxyl groups excluding tert-OH is 1. The van der Waals surface area contributed by atoms with E-state index in [0.717, 1.165) is 38.2 Å². The van der Waals surface area contributed by atoms with Crippen LogP contribution in [0.2, 0.25) is 0 Å². The van der Waals surface area contributed by atoms with Crippen LogP contribution in [0.3, 0.4) is 0 Å². The maximum Gasteiger partial charge on any atom is 0.129 e. The summed E-state index contributed by atoms with van der Waals surface area (Å²) in [6.45, 7) is 15.7.